The summed E-state index contributed by atoms with van der Waals surface area (Å²) < 4.78 is 38.7. The molecule has 0 radical (unpaired) electrons. The fourth-order valence-electron chi connectivity index (χ4n) is 2.73. The summed E-state index contributed by atoms with van der Waals surface area (Å²) in [5.41, 5.74) is 1.19. The van der Waals surface area contributed by atoms with E-state index in [1.807, 2.05) is 0 Å². The van der Waals surface area contributed by atoms with Crippen molar-refractivity contribution in [2.45, 2.75) is 17.2 Å². The highest BCUT2D eigenvalue weighted by atomic mass is 35.5. The van der Waals surface area contributed by atoms with Crippen LogP contribution in [0.3, 0.4) is 0 Å². The number of hydrogen-bond acceptors (Lipinski definition) is 4. The second-order valence-electron chi connectivity index (χ2n) is 5.55. The molecule has 1 aliphatic rings. The molecule has 0 saturated carbocycles. The van der Waals surface area contributed by atoms with Gasteiger partial charge in [-0.2, -0.15) is 0 Å². The molecule has 7 heteroatoms. The Bertz CT molecular complexity index is 832. The fourth-order valence-corrected chi connectivity index (χ4v) is 4.08. The molecule has 0 aliphatic carbocycles. The minimum atomic E-state index is -3.74. The number of anilines is 1. The van der Waals surface area contributed by atoms with Crippen LogP contribution in [0.25, 0.3) is 0 Å². The summed E-state index contributed by atoms with van der Waals surface area (Å²) in [7, 11) is -2.17. The zero-order valence-electron chi connectivity index (χ0n) is 13.2. The van der Waals surface area contributed by atoms with E-state index in [2.05, 4.69) is 4.72 Å². The fraction of sp³-hybridized carbons (Fsp3) is 0.294. The molecular formula is C17H18ClNO4S. The Morgan fingerprint density at radius 2 is 2.04 bits per heavy atom. The van der Waals surface area contributed by atoms with E-state index in [0.717, 1.165) is 12.0 Å². The summed E-state index contributed by atoms with van der Waals surface area (Å²) >= 11 is 6.04. The van der Waals surface area contributed by atoms with Gasteiger partial charge in [0.2, 0.25) is 0 Å². The molecule has 0 aromatic heterocycles. The van der Waals surface area contributed by atoms with Crippen LogP contribution < -0.4 is 9.46 Å². The van der Waals surface area contributed by atoms with Crippen molar-refractivity contribution < 1.29 is 17.9 Å². The first-order valence-corrected chi connectivity index (χ1v) is 9.40. The van der Waals surface area contributed by atoms with Crippen LogP contribution in [0.1, 0.15) is 17.9 Å². The highest BCUT2D eigenvalue weighted by molar-refractivity contribution is 7.92. The van der Waals surface area contributed by atoms with Crippen LogP contribution in [0, 0.1) is 0 Å². The predicted molar refractivity (Wildman–Crippen MR) is 93.4 cm³/mol. The van der Waals surface area contributed by atoms with Crippen molar-refractivity contribution in [2.75, 3.05) is 25.0 Å². The highest BCUT2D eigenvalue weighted by Crippen LogP contribution is 2.34. The number of sulfonamides is 1. The van der Waals surface area contributed by atoms with Gasteiger partial charge in [-0.05, 0) is 36.8 Å². The average Bonchev–Trinajstić information content (AvgIpc) is 3.10. The summed E-state index contributed by atoms with van der Waals surface area (Å²) in [5.74, 6) is 0.803. The summed E-state index contributed by atoms with van der Waals surface area (Å²) in [5, 5.41) is 0.346. The third-order valence-electron chi connectivity index (χ3n) is 4.00. The van der Waals surface area contributed by atoms with E-state index in [0.29, 0.717) is 29.7 Å². The van der Waals surface area contributed by atoms with E-state index in [4.69, 9.17) is 21.1 Å². The van der Waals surface area contributed by atoms with E-state index in [-0.39, 0.29) is 10.8 Å². The van der Waals surface area contributed by atoms with Gasteiger partial charge in [0.15, 0.2) is 0 Å². The summed E-state index contributed by atoms with van der Waals surface area (Å²) in [6.07, 6.45) is 0.845. The number of nitrogens with one attached hydrogen (secondary N) is 1. The van der Waals surface area contributed by atoms with Crippen LogP contribution in [0.5, 0.6) is 5.75 Å². The van der Waals surface area contributed by atoms with E-state index >= 15 is 0 Å². The number of benzene rings is 2. The third-order valence-corrected chi connectivity index (χ3v) is 5.69. The van der Waals surface area contributed by atoms with Gasteiger partial charge in [-0.3, -0.25) is 4.72 Å². The Balaban J connectivity index is 1.96. The zero-order valence-corrected chi connectivity index (χ0v) is 14.7. The van der Waals surface area contributed by atoms with Crippen molar-refractivity contribution in [1.82, 2.24) is 0 Å². The van der Waals surface area contributed by atoms with Crippen LogP contribution in [0.15, 0.2) is 47.4 Å². The van der Waals surface area contributed by atoms with Gasteiger partial charge in [-0.1, -0.05) is 23.7 Å². The predicted octanol–water partition coefficient (Wildman–Crippen LogP) is 3.65. The van der Waals surface area contributed by atoms with Gasteiger partial charge in [0.05, 0.1) is 29.3 Å². The molecule has 1 unspecified atom stereocenters. The molecule has 128 valence electrons. The maximum absolute atomic E-state index is 12.7. The summed E-state index contributed by atoms with van der Waals surface area (Å²) in [6, 6.07) is 11.6. The number of hydrogen-bond donors (Lipinski definition) is 1. The Morgan fingerprint density at radius 3 is 2.71 bits per heavy atom. The topological polar surface area (TPSA) is 64.6 Å². The van der Waals surface area contributed by atoms with Crippen LogP contribution in [-0.2, 0) is 14.8 Å². The molecule has 1 heterocycles. The second kappa shape index (κ2) is 7.01. The number of para-hydroxylation sites is 1. The molecule has 1 fully saturated rings. The Labute approximate surface area is 146 Å². The maximum atomic E-state index is 12.7. The van der Waals surface area contributed by atoms with Gasteiger partial charge < -0.3 is 9.47 Å². The van der Waals surface area contributed by atoms with Crippen molar-refractivity contribution in [2.24, 2.45) is 0 Å². The molecule has 2 aromatic rings. The molecule has 1 N–H and O–H groups in total. The van der Waals surface area contributed by atoms with Gasteiger partial charge >= 0.3 is 0 Å². The number of methoxy groups -OCH3 is 1. The lowest BCUT2D eigenvalue weighted by Crippen LogP contribution is -2.14. The lowest BCUT2D eigenvalue weighted by atomic mass is 9.97. The van der Waals surface area contributed by atoms with Crippen LogP contribution in [-0.4, -0.2) is 28.7 Å². The van der Waals surface area contributed by atoms with Crippen molar-refractivity contribution in [3.8, 4) is 5.75 Å². The largest absolute Gasteiger partial charge is 0.496 e. The van der Waals surface area contributed by atoms with Crippen LogP contribution in [0.4, 0.5) is 5.69 Å². The average molecular weight is 368 g/mol. The lowest BCUT2D eigenvalue weighted by molar-refractivity contribution is 0.193. The molecule has 1 aliphatic heterocycles. The molecule has 24 heavy (non-hydrogen) atoms. The van der Waals surface area contributed by atoms with E-state index < -0.39 is 10.0 Å². The van der Waals surface area contributed by atoms with Crippen LogP contribution in [0.2, 0.25) is 5.02 Å². The summed E-state index contributed by atoms with van der Waals surface area (Å²) in [6.45, 7) is 1.24. The standard InChI is InChI=1S/C17H18ClNO4S/c1-22-17-7-6-13(10-14(17)12-8-9-23-11-12)24(20,21)19-16-5-3-2-4-15(16)18/h2-7,10,12,19H,8-9,11H2,1H3. The summed E-state index contributed by atoms with van der Waals surface area (Å²) in [4.78, 5) is 0.171. The number of halogens is 1. The Morgan fingerprint density at radius 1 is 1.25 bits per heavy atom. The van der Waals surface area contributed by atoms with Gasteiger partial charge in [-0.25, -0.2) is 8.42 Å². The van der Waals surface area contributed by atoms with Crippen molar-refractivity contribution in [3.05, 3.63) is 53.1 Å². The monoisotopic (exact) mass is 367 g/mol. The van der Waals surface area contributed by atoms with Crippen molar-refractivity contribution >= 4 is 27.3 Å². The molecule has 1 saturated heterocycles. The molecule has 0 amide bonds. The minimum Gasteiger partial charge on any atom is -0.496 e. The molecule has 0 spiro atoms. The zero-order chi connectivity index (χ0) is 17.2. The van der Waals surface area contributed by atoms with E-state index in [1.54, 1.807) is 43.5 Å². The molecular weight excluding hydrogens is 350 g/mol. The van der Waals surface area contributed by atoms with Gasteiger partial charge in [0.25, 0.3) is 10.0 Å². The van der Waals surface area contributed by atoms with Crippen molar-refractivity contribution in [3.63, 3.8) is 0 Å². The smallest absolute Gasteiger partial charge is 0.261 e. The molecule has 5 nitrogen and oxygen atoms in total. The third kappa shape index (κ3) is 3.50. The minimum absolute atomic E-state index is 0.135. The first kappa shape index (κ1) is 17.1. The van der Waals surface area contributed by atoms with Crippen LogP contribution >= 0.6 is 11.6 Å². The Kier molecular flexibility index (Phi) is 4.99. The van der Waals surface area contributed by atoms with E-state index in [9.17, 15) is 8.42 Å². The first-order chi connectivity index (χ1) is 11.5. The number of ether oxygens (including phenoxy) is 2. The first-order valence-electron chi connectivity index (χ1n) is 7.54. The normalized spacial score (nSPS) is 17.7. The number of rotatable bonds is 5. The molecule has 3 rings (SSSR count). The van der Waals surface area contributed by atoms with Gasteiger partial charge in [-0.15, -0.1) is 0 Å². The molecule has 1 atom stereocenters. The van der Waals surface area contributed by atoms with Gasteiger partial charge in [0, 0.05) is 18.1 Å². The van der Waals surface area contributed by atoms with Gasteiger partial charge in [0.1, 0.15) is 5.75 Å². The second-order valence-corrected chi connectivity index (χ2v) is 7.64. The van der Waals surface area contributed by atoms with Crippen molar-refractivity contribution in [1.29, 1.82) is 0 Å². The molecule has 0 bridgehead atoms. The molecule has 2 aromatic carbocycles. The lowest BCUT2D eigenvalue weighted by Gasteiger charge is -2.16. The maximum Gasteiger partial charge on any atom is 0.261 e. The Hall–Kier alpha value is -1.76. The van der Waals surface area contributed by atoms with E-state index in [1.165, 1.54) is 6.07 Å². The SMILES string of the molecule is COc1ccc(S(=O)(=O)Nc2ccccc2Cl)cc1C1CCOC1. The quantitative estimate of drug-likeness (QED) is 0.876. The highest BCUT2D eigenvalue weighted by Gasteiger charge is 2.24.